The highest BCUT2D eigenvalue weighted by atomic mass is 32.2. The summed E-state index contributed by atoms with van der Waals surface area (Å²) < 4.78 is 40.3. The Balaban J connectivity index is 1.50. The molecule has 3 rings (SSSR count). The maximum Gasteiger partial charge on any atom is 0.288 e. The minimum atomic E-state index is -2.47. The van der Waals surface area contributed by atoms with E-state index in [4.69, 9.17) is 14.2 Å². The molecule has 1 aliphatic heterocycles. The summed E-state index contributed by atoms with van der Waals surface area (Å²) >= 11 is 0.450. The van der Waals surface area contributed by atoms with Crippen molar-refractivity contribution < 1.29 is 27.8 Å². The molecule has 0 unspecified atom stereocenters. The van der Waals surface area contributed by atoms with E-state index < -0.39 is 5.76 Å². The van der Waals surface area contributed by atoms with E-state index in [0.717, 1.165) is 0 Å². The normalized spacial score (nSPS) is 12.3. The summed E-state index contributed by atoms with van der Waals surface area (Å²) in [6.45, 7) is -0.0215. The van der Waals surface area contributed by atoms with E-state index >= 15 is 0 Å². The van der Waals surface area contributed by atoms with Crippen LogP contribution in [0, 0.1) is 0 Å². The van der Waals surface area contributed by atoms with Crippen LogP contribution in [0.5, 0.6) is 17.2 Å². The van der Waals surface area contributed by atoms with Crippen LogP contribution in [0.3, 0.4) is 0 Å². The fourth-order valence-electron chi connectivity index (χ4n) is 2.03. The SMILES string of the molecule is O=C(COc1ccc2c(c1)OCO2)Nc1ccc(SC(F)F)cc1. The number of carbonyl (C=O) groups excluding carboxylic acids is 1. The van der Waals surface area contributed by atoms with Crippen LogP contribution in [0.4, 0.5) is 14.5 Å². The number of amides is 1. The lowest BCUT2D eigenvalue weighted by atomic mass is 10.3. The Hall–Kier alpha value is -2.48. The summed E-state index contributed by atoms with van der Waals surface area (Å²) in [5, 5.41) is 2.63. The van der Waals surface area contributed by atoms with Crippen molar-refractivity contribution in [3.8, 4) is 17.2 Å². The van der Waals surface area contributed by atoms with Crippen molar-refractivity contribution in [1.29, 1.82) is 0 Å². The van der Waals surface area contributed by atoms with Gasteiger partial charge in [0.05, 0.1) is 0 Å². The number of carbonyl (C=O) groups is 1. The number of rotatable bonds is 6. The van der Waals surface area contributed by atoms with Crippen LogP contribution in [0.25, 0.3) is 0 Å². The summed E-state index contributed by atoms with van der Waals surface area (Å²) in [4.78, 5) is 12.3. The average Bonchev–Trinajstić information content (AvgIpc) is 3.02. The molecular formula is C16H13F2NO4S. The molecule has 0 bridgehead atoms. The van der Waals surface area contributed by atoms with E-state index in [2.05, 4.69) is 5.32 Å². The van der Waals surface area contributed by atoms with Gasteiger partial charge in [0.1, 0.15) is 5.75 Å². The Morgan fingerprint density at radius 2 is 1.92 bits per heavy atom. The minimum absolute atomic E-state index is 0.166. The molecule has 0 spiro atoms. The molecule has 1 N–H and O–H groups in total. The van der Waals surface area contributed by atoms with E-state index in [9.17, 15) is 13.6 Å². The predicted octanol–water partition coefficient (Wildman–Crippen LogP) is 3.75. The second-order valence-electron chi connectivity index (χ2n) is 4.75. The molecule has 1 amide bonds. The maximum absolute atomic E-state index is 12.2. The molecule has 24 heavy (non-hydrogen) atoms. The Labute approximate surface area is 140 Å². The molecule has 0 atom stereocenters. The van der Waals surface area contributed by atoms with Gasteiger partial charge < -0.3 is 19.5 Å². The number of hydrogen-bond acceptors (Lipinski definition) is 5. The van der Waals surface area contributed by atoms with Crippen LogP contribution < -0.4 is 19.5 Å². The minimum Gasteiger partial charge on any atom is -0.484 e. The number of halogens is 2. The van der Waals surface area contributed by atoms with Gasteiger partial charge in [-0.05, 0) is 36.4 Å². The standard InChI is InChI=1S/C16H13F2NO4S/c17-16(18)24-12-4-1-10(2-5-12)19-15(20)8-21-11-3-6-13-14(7-11)23-9-22-13/h1-7,16H,8-9H2,(H,19,20). The molecule has 5 nitrogen and oxygen atoms in total. The quantitative estimate of drug-likeness (QED) is 0.802. The molecule has 0 aliphatic carbocycles. The highest BCUT2D eigenvalue weighted by molar-refractivity contribution is 7.99. The molecule has 0 saturated carbocycles. The third-order valence-corrected chi connectivity index (χ3v) is 3.80. The Bertz CT molecular complexity index is 725. The summed E-state index contributed by atoms with van der Waals surface area (Å²) in [6, 6.07) is 11.2. The number of ether oxygens (including phenoxy) is 3. The monoisotopic (exact) mass is 353 g/mol. The van der Waals surface area contributed by atoms with Gasteiger partial charge in [-0.3, -0.25) is 4.79 Å². The fourth-order valence-corrected chi connectivity index (χ4v) is 2.53. The Morgan fingerprint density at radius 1 is 1.17 bits per heavy atom. The van der Waals surface area contributed by atoms with Gasteiger partial charge in [-0.2, -0.15) is 8.78 Å². The van der Waals surface area contributed by atoms with E-state index in [1.807, 2.05) is 0 Å². The van der Waals surface area contributed by atoms with Gasteiger partial charge in [-0.15, -0.1) is 0 Å². The lowest BCUT2D eigenvalue weighted by molar-refractivity contribution is -0.118. The summed E-state index contributed by atoms with van der Waals surface area (Å²) in [6.07, 6.45) is 0. The van der Waals surface area contributed by atoms with Crippen molar-refractivity contribution in [2.45, 2.75) is 10.7 Å². The van der Waals surface area contributed by atoms with Gasteiger partial charge >= 0.3 is 0 Å². The van der Waals surface area contributed by atoms with E-state index in [0.29, 0.717) is 39.6 Å². The van der Waals surface area contributed by atoms with Crippen LogP contribution in [0.1, 0.15) is 0 Å². The zero-order chi connectivity index (χ0) is 16.9. The number of fused-ring (bicyclic) bond motifs is 1. The van der Waals surface area contributed by atoms with Crippen molar-refractivity contribution in [2.24, 2.45) is 0 Å². The van der Waals surface area contributed by atoms with Crippen molar-refractivity contribution >= 4 is 23.4 Å². The van der Waals surface area contributed by atoms with E-state index in [1.165, 1.54) is 12.1 Å². The van der Waals surface area contributed by atoms with Gasteiger partial charge in [0.25, 0.3) is 11.7 Å². The number of hydrogen-bond donors (Lipinski definition) is 1. The van der Waals surface area contributed by atoms with Crippen LogP contribution in [-0.4, -0.2) is 25.1 Å². The first-order valence-electron chi connectivity index (χ1n) is 6.97. The second-order valence-corrected chi connectivity index (χ2v) is 5.82. The fraction of sp³-hybridized carbons (Fsp3) is 0.188. The number of anilines is 1. The number of alkyl halides is 2. The van der Waals surface area contributed by atoms with Crippen LogP contribution in [0.2, 0.25) is 0 Å². The zero-order valence-corrected chi connectivity index (χ0v) is 13.1. The van der Waals surface area contributed by atoms with Crippen molar-refractivity contribution in [3.63, 3.8) is 0 Å². The van der Waals surface area contributed by atoms with Gasteiger partial charge in [-0.1, -0.05) is 11.8 Å². The summed E-state index contributed by atoms with van der Waals surface area (Å²) in [7, 11) is 0. The van der Waals surface area contributed by atoms with E-state index in [-0.39, 0.29) is 19.3 Å². The summed E-state index contributed by atoms with van der Waals surface area (Å²) in [5.74, 6) is -1.14. The third-order valence-electron chi connectivity index (χ3n) is 3.08. The Morgan fingerprint density at radius 3 is 2.67 bits per heavy atom. The van der Waals surface area contributed by atoms with E-state index in [1.54, 1.807) is 30.3 Å². The molecule has 8 heteroatoms. The largest absolute Gasteiger partial charge is 0.484 e. The number of nitrogens with one attached hydrogen (secondary N) is 1. The van der Waals surface area contributed by atoms with Gasteiger partial charge in [-0.25, -0.2) is 0 Å². The van der Waals surface area contributed by atoms with Crippen LogP contribution in [0.15, 0.2) is 47.4 Å². The molecule has 1 aliphatic rings. The second kappa shape index (κ2) is 7.39. The first-order valence-corrected chi connectivity index (χ1v) is 7.85. The highest BCUT2D eigenvalue weighted by Crippen LogP contribution is 2.35. The molecular weight excluding hydrogens is 340 g/mol. The first kappa shape index (κ1) is 16.4. The van der Waals surface area contributed by atoms with Crippen molar-refractivity contribution in [1.82, 2.24) is 0 Å². The van der Waals surface area contributed by atoms with Gasteiger partial charge in [0.15, 0.2) is 18.1 Å². The van der Waals surface area contributed by atoms with Crippen molar-refractivity contribution in [2.75, 3.05) is 18.7 Å². The molecule has 126 valence electrons. The smallest absolute Gasteiger partial charge is 0.288 e. The molecule has 0 aromatic heterocycles. The average molecular weight is 353 g/mol. The zero-order valence-electron chi connectivity index (χ0n) is 12.3. The maximum atomic E-state index is 12.2. The van der Waals surface area contributed by atoms with Crippen LogP contribution >= 0.6 is 11.8 Å². The lowest BCUT2D eigenvalue weighted by Gasteiger charge is -2.08. The molecule has 2 aromatic carbocycles. The highest BCUT2D eigenvalue weighted by Gasteiger charge is 2.14. The molecule has 0 radical (unpaired) electrons. The van der Waals surface area contributed by atoms with Crippen molar-refractivity contribution in [3.05, 3.63) is 42.5 Å². The van der Waals surface area contributed by atoms with Gasteiger partial charge in [0.2, 0.25) is 6.79 Å². The number of benzene rings is 2. The molecule has 0 fully saturated rings. The van der Waals surface area contributed by atoms with Gasteiger partial charge in [0, 0.05) is 16.6 Å². The Kier molecular flexibility index (Phi) is 5.05. The number of thioether (sulfide) groups is 1. The molecule has 2 aromatic rings. The topological polar surface area (TPSA) is 56.8 Å². The molecule has 0 saturated heterocycles. The summed E-state index contributed by atoms with van der Waals surface area (Å²) in [5.41, 5.74) is 0.507. The third kappa shape index (κ3) is 4.29. The molecule has 1 heterocycles. The first-order chi connectivity index (χ1) is 11.6. The lowest BCUT2D eigenvalue weighted by Crippen LogP contribution is -2.20. The van der Waals surface area contributed by atoms with Crippen LogP contribution in [-0.2, 0) is 4.79 Å². The predicted molar refractivity (Wildman–Crippen MR) is 85.0 cm³/mol.